The first-order chi connectivity index (χ1) is 8.61. The number of nitrogens with zero attached hydrogens (tertiary/aromatic N) is 3. The largest absolute Gasteiger partial charge is 0.469 e. The summed E-state index contributed by atoms with van der Waals surface area (Å²) >= 11 is 0. The van der Waals surface area contributed by atoms with Crippen molar-refractivity contribution in [2.45, 2.75) is 12.5 Å². The standard InChI is InChI=1S/C9H13N5O4/c10-8(11)7-9(13-18-12-7)17-5-1-2-14(3-5)6(16)4-15/h5,15H,1-4H2,(H3,10,11)/t5-/m1/s1. The Hall–Kier alpha value is -2.16. The predicted molar refractivity (Wildman–Crippen MR) is 58.0 cm³/mol. The fourth-order valence-electron chi connectivity index (χ4n) is 1.73. The molecule has 0 radical (unpaired) electrons. The van der Waals surface area contributed by atoms with Gasteiger partial charge in [-0.15, -0.1) is 0 Å². The monoisotopic (exact) mass is 255 g/mol. The van der Waals surface area contributed by atoms with Crippen molar-refractivity contribution >= 4 is 11.7 Å². The van der Waals surface area contributed by atoms with Gasteiger partial charge in [0.05, 0.1) is 6.54 Å². The maximum absolute atomic E-state index is 11.3. The number of aromatic nitrogens is 2. The number of amides is 1. The lowest BCUT2D eigenvalue weighted by Crippen LogP contribution is -2.33. The number of likely N-dealkylation sites (tertiary alicyclic amines) is 1. The van der Waals surface area contributed by atoms with Crippen molar-refractivity contribution in [1.29, 1.82) is 5.41 Å². The van der Waals surface area contributed by atoms with Crippen molar-refractivity contribution in [1.82, 2.24) is 15.2 Å². The minimum Gasteiger partial charge on any atom is -0.469 e. The fourth-order valence-corrected chi connectivity index (χ4v) is 1.73. The van der Waals surface area contributed by atoms with E-state index >= 15 is 0 Å². The average molecular weight is 255 g/mol. The van der Waals surface area contributed by atoms with Crippen molar-refractivity contribution in [3.05, 3.63) is 5.69 Å². The van der Waals surface area contributed by atoms with Crippen LogP contribution in [0, 0.1) is 5.41 Å². The van der Waals surface area contributed by atoms with E-state index in [9.17, 15) is 4.79 Å². The quantitative estimate of drug-likeness (QED) is 0.431. The van der Waals surface area contributed by atoms with Crippen LogP contribution in [-0.4, -0.2) is 57.9 Å². The summed E-state index contributed by atoms with van der Waals surface area (Å²) in [5.41, 5.74) is 5.32. The molecule has 2 rings (SSSR count). The molecule has 2 heterocycles. The lowest BCUT2D eigenvalue weighted by atomic mass is 10.3. The topological polar surface area (TPSA) is 139 Å². The summed E-state index contributed by atoms with van der Waals surface area (Å²) in [5, 5.41) is 22.9. The molecule has 0 aromatic carbocycles. The number of hydrogen-bond donors (Lipinski definition) is 3. The molecule has 1 aliphatic heterocycles. The molecule has 18 heavy (non-hydrogen) atoms. The molecule has 4 N–H and O–H groups in total. The minimum atomic E-state index is -0.517. The first kappa shape index (κ1) is 12.3. The summed E-state index contributed by atoms with van der Waals surface area (Å²) in [6, 6.07) is 0. The molecule has 1 aromatic rings. The van der Waals surface area contributed by atoms with Crippen LogP contribution in [0.25, 0.3) is 0 Å². The molecular formula is C9H13N5O4. The van der Waals surface area contributed by atoms with Crippen molar-refractivity contribution in [3.8, 4) is 5.88 Å². The van der Waals surface area contributed by atoms with Crippen LogP contribution in [0.1, 0.15) is 12.1 Å². The fraction of sp³-hybridized carbons (Fsp3) is 0.556. The Kier molecular flexibility index (Phi) is 3.42. The van der Waals surface area contributed by atoms with Crippen molar-refractivity contribution in [3.63, 3.8) is 0 Å². The lowest BCUT2D eigenvalue weighted by molar-refractivity contribution is -0.133. The van der Waals surface area contributed by atoms with Gasteiger partial charge in [-0.2, -0.15) is 0 Å². The molecule has 1 fully saturated rings. The lowest BCUT2D eigenvalue weighted by Gasteiger charge is -2.14. The highest BCUT2D eigenvalue weighted by Gasteiger charge is 2.29. The van der Waals surface area contributed by atoms with Crippen molar-refractivity contribution in [2.75, 3.05) is 19.7 Å². The summed E-state index contributed by atoms with van der Waals surface area (Å²) in [4.78, 5) is 12.7. The van der Waals surface area contributed by atoms with Gasteiger partial charge < -0.3 is 20.5 Å². The van der Waals surface area contributed by atoms with Gasteiger partial charge in [0.15, 0.2) is 5.84 Å². The van der Waals surface area contributed by atoms with Gasteiger partial charge in [0.1, 0.15) is 12.7 Å². The van der Waals surface area contributed by atoms with Gasteiger partial charge in [0, 0.05) is 13.0 Å². The highest BCUT2D eigenvalue weighted by Crippen LogP contribution is 2.19. The molecular weight excluding hydrogens is 242 g/mol. The number of nitrogens with two attached hydrogens (primary N) is 1. The molecule has 0 unspecified atom stereocenters. The number of carbonyl (C=O) groups is 1. The smallest absolute Gasteiger partial charge is 0.287 e. The maximum Gasteiger partial charge on any atom is 0.287 e. The van der Waals surface area contributed by atoms with E-state index in [0.29, 0.717) is 19.5 Å². The molecule has 1 aromatic heterocycles. The number of amidine groups is 1. The number of aliphatic hydroxyl groups excluding tert-OH is 1. The number of ether oxygens (including phenoxy) is 1. The predicted octanol–water partition coefficient (Wildman–Crippen LogP) is -1.67. The normalized spacial score (nSPS) is 18.9. The Morgan fingerprint density at radius 1 is 1.67 bits per heavy atom. The zero-order valence-electron chi connectivity index (χ0n) is 9.50. The molecule has 1 saturated heterocycles. The Balaban J connectivity index is 1.97. The molecule has 9 heteroatoms. The van der Waals surface area contributed by atoms with Crippen LogP contribution in [0.2, 0.25) is 0 Å². The minimum absolute atomic E-state index is 0.0435. The van der Waals surface area contributed by atoms with E-state index in [1.54, 1.807) is 0 Å². The molecule has 0 aliphatic carbocycles. The Morgan fingerprint density at radius 2 is 2.44 bits per heavy atom. The molecule has 1 atom stereocenters. The van der Waals surface area contributed by atoms with Gasteiger partial charge in [-0.3, -0.25) is 10.2 Å². The third-order valence-corrected chi connectivity index (χ3v) is 2.62. The Bertz CT molecular complexity index is 460. The van der Waals surface area contributed by atoms with Crippen molar-refractivity contribution in [2.24, 2.45) is 5.73 Å². The Morgan fingerprint density at radius 3 is 3.11 bits per heavy atom. The third kappa shape index (κ3) is 2.40. The van der Waals surface area contributed by atoms with E-state index in [4.69, 9.17) is 21.0 Å². The van der Waals surface area contributed by atoms with Gasteiger partial charge in [0.2, 0.25) is 11.6 Å². The van der Waals surface area contributed by atoms with E-state index in [1.165, 1.54) is 4.90 Å². The van der Waals surface area contributed by atoms with E-state index in [2.05, 4.69) is 14.9 Å². The van der Waals surface area contributed by atoms with E-state index in [0.717, 1.165) is 0 Å². The number of hydrogen-bond acceptors (Lipinski definition) is 7. The zero-order valence-corrected chi connectivity index (χ0v) is 9.50. The van der Waals surface area contributed by atoms with Gasteiger partial charge in [-0.1, -0.05) is 0 Å². The summed E-state index contributed by atoms with van der Waals surface area (Å²) in [6.45, 7) is 0.339. The average Bonchev–Trinajstić information content (AvgIpc) is 2.97. The maximum atomic E-state index is 11.3. The third-order valence-electron chi connectivity index (χ3n) is 2.62. The molecule has 1 aliphatic rings. The van der Waals surface area contributed by atoms with Crippen LogP contribution >= 0.6 is 0 Å². The summed E-state index contributed by atoms with van der Waals surface area (Å²) in [6.07, 6.45) is 0.334. The molecule has 0 spiro atoms. The highest BCUT2D eigenvalue weighted by molar-refractivity contribution is 5.94. The van der Waals surface area contributed by atoms with E-state index in [-0.39, 0.29) is 29.4 Å². The number of rotatable bonds is 4. The van der Waals surface area contributed by atoms with Crippen LogP contribution in [0.4, 0.5) is 0 Å². The van der Waals surface area contributed by atoms with Crippen LogP contribution in [0.15, 0.2) is 4.63 Å². The second-order valence-corrected chi connectivity index (χ2v) is 3.86. The molecule has 0 saturated carbocycles. The van der Waals surface area contributed by atoms with Crippen LogP contribution < -0.4 is 10.5 Å². The number of aliphatic hydroxyl groups is 1. The SMILES string of the molecule is N=C(N)c1nonc1O[C@@H]1CCN(C(=O)CO)C1. The van der Waals surface area contributed by atoms with Gasteiger partial charge in [-0.05, 0) is 10.3 Å². The Labute approximate surface area is 102 Å². The van der Waals surface area contributed by atoms with Crippen LogP contribution in [0.3, 0.4) is 0 Å². The van der Waals surface area contributed by atoms with Crippen molar-refractivity contribution < 1.29 is 19.3 Å². The number of carbonyl (C=O) groups excluding carboxylic acids is 1. The highest BCUT2D eigenvalue weighted by atomic mass is 16.6. The second-order valence-electron chi connectivity index (χ2n) is 3.86. The van der Waals surface area contributed by atoms with E-state index < -0.39 is 6.61 Å². The first-order valence-electron chi connectivity index (χ1n) is 5.34. The number of nitrogens with one attached hydrogen (secondary N) is 1. The van der Waals surface area contributed by atoms with Crippen LogP contribution in [-0.2, 0) is 4.79 Å². The van der Waals surface area contributed by atoms with Gasteiger partial charge in [0.25, 0.3) is 5.88 Å². The molecule has 0 bridgehead atoms. The molecule has 1 amide bonds. The van der Waals surface area contributed by atoms with Gasteiger partial charge >= 0.3 is 0 Å². The summed E-state index contributed by atoms with van der Waals surface area (Å²) in [5.74, 6) is -0.593. The molecule has 98 valence electrons. The molecule has 9 nitrogen and oxygen atoms in total. The summed E-state index contributed by atoms with van der Waals surface area (Å²) < 4.78 is 9.92. The van der Waals surface area contributed by atoms with E-state index in [1.807, 2.05) is 0 Å². The van der Waals surface area contributed by atoms with Crippen LogP contribution in [0.5, 0.6) is 5.88 Å². The summed E-state index contributed by atoms with van der Waals surface area (Å²) in [7, 11) is 0. The number of nitrogen functional groups attached to an aromatic ring is 1. The zero-order chi connectivity index (χ0) is 13.1. The first-order valence-corrected chi connectivity index (χ1v) is 5.34. The second kappa shape index (κ2) is 5.00. The van der Waals surface area contributed by atoms with Gasteiger partial charge in [-0.25, -0.2) is 4.63 Å².